The van der Waals surface area contributed by atoms with E-state index in [-0.39, 0.29) is 0 Å². The maximum Gasteiger partial charge on any atom is 0.158 e. The van der Waals surface area contributed by atoms with Crippen LogP contribution in [0.25, 0.3) is 5.82 Å². The Morgan fingerprint density at radius 2 is 2.20 bits per heavy atom. The van der Waals surface area contributed by atoms with Crippen LogP contribution < -0.4 is 5.32 Å². The zero-order valence-corrected chi connectivity index (χ0v) is 12.7. The quantitative estimate of drug-likeness (QED) is 0.831. The number of methoxy groups -OCH3 is 1. The Labute approximate surface area is 123 Å². The van der Waals surface area contributed by atoms with E-state index >= 15 is 0 Å². The molecule has 0 aromatic carbocycles. The van der Waals surface area contributed by atoms with Crippen molar-refractivity contribution < 1.29 is 4.74 Å². The lowest BCUT2D eigenvalue weighted by atomic mass is 10.2. The molecule has 2 aromatic rings. The lowest BCUT2D eigenvalue weighted by Gasteiger charge is -2.10. The van der Waals surface area contributed by atoms with Crippen LogP contribution in [0.5, 0.6) is 0 Å². The van der Waals surface area contributed by atoms with E-state index in [1.165, 1.54) is 0 Å². The summed E-state index contributed by atoms with van der Waals surface area (Å²) in [5.74, 6) is 0.810. The van der Waals surface area contributed by atoms with Crippen molar-refractivity contribution in [3.63, 3.8) is 0 Å². The van der Waals surface area contributed by atoms with Crippen molar-refractivity contribution in [2.45, 2.75) is 20.4 Å². The van der Waals surface area contributed by atoms with Crippen molar-refractivity contribution in [1.82, 2.24) is 20.1 Å². The van der Waals surface area contributed by atoms with Gasteiger partial charge in [-0.2, -0.15) is 5.10 Å². The molecule has 108 valence electrons. The number of hydrogen-bond donors (Lipinski definition) is 1. The second kappa shape index (κ2) is 6.83. The van der Waals surface area contributed by atoms with E-state index in [0.717, 1.165) is 29.3 Å². The fourth-order valence-electron chi connectivity index (χ4n) is 1.99. The first-order chi connectivity index (χ1) is 9.65. The lowest BCUT2D eigenvalue weighted by molar-refractivity contribution is 0.199. The molecule has 0 unspecified atom stereocenters. The normalized spacial score (nSPS) is 11.0. The largest absolute Gasteiger partial charge is 0.383 e. The number of hydrogen-bond acceptors (Lipinski definition) is 4. The van der Waals surface area contributed by atoms with Gasteiger partial charge in [0.25, 0.3) is 0 Å². The zero-order chi connectivity index (χ0) is 14.5. The van der Waals surface area contributed by atoms with Crippen LogP contribution in [-0.2, 0) is 11.3 Å². The van der Waals surface area contributed by atoms with Gasteiger partial charge in [0.05, 0.1) is 23.0 Å². The highest BCUT2D eigenvalue weighted by atomic mass is 35.5. The highest BCUT2D eigenvalue weighted by Gasteiger charge is 2.14. The van der Waals surface area contributed by atoms with Gasteiger partial charge in [0.15, 0.2) is 5.82 Å². The van der Waals surface area contributed by atoms with Crippen LogP contribution in [0.2, 0.25) is 5.02 Å². The summed E-state index contributed by atoms with van der Waals surface area (Å²) >= 11 is 6.20. The molecule has 0 atom stereocenters. The number of ether oxygens (including phenoxy) is 1. The standard InChI is InChI=1S/C14H19ClN4O/c1-10-13(15)11(2)19(18-10)14-12(5-4-6-17-14)9-16-7-8-20-3/h4-6,16H,7-9H2,1-3H3. The van der Waals surface area contributed by atoms with Crippen LogP contribution in [-0.4, -0.2) is 35.0 Å². The van der Waals surface area contributed by atoms with E-state index in [9.17, 15) is 0 Å². The number of nitrogens with zero attached hydrogens (tertiary/aromatic N) is 3. The van der Waals surface area contributed by atoms with Crippen LogP contribution in [0.3, 0.4) is 0 Å². The molecule has 0 spiro atoms. The second-order valence-corrected chi connectivity index (χ2v) is 4.93. The molecule has 0 aliphatic carbocycles. The van der Waals surface area contributed by atoms with Gasteiger partial charge in [-0.15, -0.1) is 0 Å². The molecule has 0 radical (unpaired) electrons. The van der Waals surface area contributed by atoms with Gasteiger partial charge in [0, 0.05) is 32.0 Å². The minimum Gasteiger partial charge on any atom is -0.383 e. The molecule has 2 aromatic heterocycles. The number of rotatable bonds is 6. The van der Waals surface area contributed by atoms with E-state index < -0.39 is 0 Å². The van der Waals surface area contributed by atoms with Crippen LogP contribution in [0.4, 0.5) is 0 Å². The molecule has 0 fully saturated rings. The topological polar surface area (TPSA) is 52.0 Å². The van der Waals surface area contributed by atoms with Crippen molar-refractivity contribution in [1.29, 1.82) is 0 Å². The summed E-state index contributed by atoms with van der Waals surface area (Å²) in [6.07, 6.45) is 1.76. The fourth-order valence-corrected chi connectivity index (χ4v) is 2.10. The van der Waals surface area contributed by atoms with Crippen molar-refractivity contribution in [3.05, 3.63) is 40.3 Å². The summed E-state index contributed by atoms with van der Waals surface area (Å²) in [7, 11) is 1.69. The number of halogens is 1. The second-order valence-electron chi connectivity index (χ2n) is 4.55. The van der Waals surface area contributed by atoms with Gasteiger partial charge in [0.2, 0.25) is 0 Å². The monoisotopic (exact) mass is 294 g/mol. The van der Waals surface area contributed by atoms with Crippen LogP contribution >= 0.6 is 11.6 Å². The molecule has 0 saturated carbocycles. The SMILES string of the molecule is COCCNCc1cccnc1-n1nc(C)c(Cl)c1C. The summed E-state index contributed by atoms with van der Waals surface area (Å²) in [6.45, 7) is 6.02. The van der Waals surface area contributed by atoms with Gasteiger partial charge >= 0.3 is 0 Å². The molecule has 0 saturated heterocycles. The van der Waals surface area contributed by atoms with Crippen LogP contribution in [0.15, 0.2) is 18.3 Å². The third-order valence-corrected chi connectivity index (χ3v) is 3.62. The predicted molar refractivity (Wildman–Crippen MR) is 79.4 cm³/mol. The van der Waals surface area contributed by atoms with E-state index in [0.29, 0.717) is 18.2 Å². The van der Waals surface area contributed by atoms with Crippen LogP contribution in [0.1, 0.15) is 17.0 Å². The zero-order valence-electron chi connectivity index (χ0n) is 12.0. The van der Waals surface area contributed by atoms with E-state index in [1.807, 2.05) is 26.0 Å². The van der Waals surface area contributed by atoms with Crippen molar-refractivity contribution in [2.24, 2.45) is 0 Å². The Morgan fingerprint density at radius 1 is 1.40 bits per heavy atom. The maximum atomic E-state index is 6.20. The Balaban J connectivity index is 2.25. The molecule has 5 nitrogen and oxygen atoms in total. The average molecular weight is 295 g/mol. The first-order valence-corrected chi connectivity index (χ1v) is 6.88. The van der Waals surface area contributed by atoms with E-state index in [1.54, 1.807) is 18.0 Å². The average Bonchev–Trinajstić information content (AvgIpc) is 2.72. The molecule has 20 heavy (non-hydrogen) atoms. The highest BCUT2D eigenvalue weighted by Crippen LogP contribution is 2.22. The van der Waals surface area contributed by atoms with Crippen molar-refractivity contribution in [2.75, 3.05) is 20.3 Å². The Kier molecular flexibility index (Phi) is 5.11. The molecule has 2 heterocycles. The molecule has 1 N–H and O–H groups in total. The van der Waals surface area contributed by atoms with E-state index in [2.05, 4.69) is 15.4 Å². The van der Waals surface area contributed by atoms with Crippen molar-refractivity contribution >= 4 is 11.6 Å². The third kappa shape index (κ3) is 3.17. The summed E-state index contributed by atoms with van der Waals surface area (Å²) in [5.41, 5.74) is 2.79. The molecular formula is C14H19ClN4O. The summed E-state index contributed by atoms with van der Waals surface area (Å²) in [6, 6.07) is 3.95. The van der Waals surface area contributed by atoms with E-state index in [4.69, 9.17) is 16.3 Å². The van der Waals surface area contributed by atoms with Crippen LogP contribution in [0, 0.1) is 13.8 Å². The van der Waals surface area contributed by atoms with Gasteiger partial charge in [-0.05, 0) is 19.9 Å². The van der Waals surface area contributed by atoms with Gasteiger partial charge < -0.3 is 10.1 Å². The summed E-state index contributed by atoms with van der Waals surface area (Å²) < 4.78 is 6.82. The van der Waals surface area contributed by atoms with Gasteiger partial charge in [-0.1, -0.05) is 17.7 Å². The Morgan fingerprint density at radius 3 is 2.85 bits per heavy atom. The molecule has 6 heteroatoms. The Hall–Kier alpha value is -1.43. The van der Waals surface area contributed by atoms with Gasteiger partial charge in [0.1, 0.15) is 0 Å². The van der Waals surface area contributed by atoms with Gasteiger partial charge in [-0.3, -0.25) is 0 Å². The predicted octanol–water partition coefficient (Wildman–Crippen LogP) is 2.27. The smallest absolute Gasteiger partial charge is 0.158 e. The highest BCUT2D eigenvalue weighted by molar-refractivity contribution is 6.31. The minimum absolute atomic E-state index is 0.682. The number of nitrogens with one attached hydrogen (secondary N) is 1. The lowest BCUT2D eigenvalue weighted by Crippen LogP contribution is -2.20. The molecule has 0 aliphatic rings. The molecule has 2 rings (SSSR count). The first-order valence-electron chi connectivity index (χ1n) is 6.50. The minimum atomic E-state index is 0.682. The number of aryl methyl sites for hydroxylation is 1. The molecule has 0 aliphatic heterocycles. The fraction of sp³-hybridized carbons (Fsp3) is 0.429. The molecule has 0 amide bonds. The van der Waals surface area contributed by atoms with Crippen molar-refractivity contribution in [3.8, 4) is 5.82 Å². The maximum absolute atomic E-state index is 6.20. The third-order valence-electron chi connectivity index (χ3n) is 3.07. The summed E-state index contributed by atoms with van der Waals surface area (Å²) in [4.78, 5) is 4.43. The summed E-state index contributed by atoms with van der Waals surface area (Å²) in [5, 5.41) is 8.46. The number of pyridine rings is 1. The first kappa shape index (κ1) is 15.0. The number of aromatic nitrogens is 3. The Bertz CT molecular complexity index is 583. The molecular weight excluding hydrogens is 276 g/mol. The molecule has 0 bridgehead atoms. The van der Waals surface area contributed by atoms with Gasteiger partial charge in [-0.25, -0.2) is 9.67 Å².